The van der Waals surface area contributed by atoms with E-state index < -0.39 is 5.97 Å². The highest BCUT2D eigenvalue weighted by Gasteiger charge is 2.27. The Labute approximate surface area is 163 Å². The Hall–Kier alpha value is -3.05. The Morgan fingerprint density at radius 3 is 2.15 bits per heavy atom. The molecular formula is C22H13BrO4. The monoisotopic (exact) mass is 420 g/mol. The molecule has 0 heterocycles. The first kappa shape index (κ1) is 17.4. The van der Waals surface area contributed by atoms with Gasteiger partial charge in [-0.3, -0.25) is 9.59 Å². The maximum Gasteiger partial charge on any atom is 0.338 e. The van der Waals surface area contributed by atoms with Gasteiger partial charge in [0, 0.05) is 21.2 Å². The summed E-state index contributed by atoms with van der Waals surface area (Å²) in [4.78, 5) is 36.9. The molecule has 132 valence electrons. The highest BCUT2D eigenvalue weighted by Crippen LogP contribution is 2.36. The van der Waals surface area contributed by atoms with Crippen molar-refractivity contribution in [2.24, 2.45) is 0 Å². The van der Waals surface area contributed by atoms with Crippen LogP contribution < -0.4 is 0 Å². The molecule has 0 saturated carbocycles. The molecule has 0 amide bonds. The van der Waals surface area contributed by atoms with Crippen molar-refractivity contribution in [2.45, 2.75) is 0 Å². The van der Waals surface area contributed by atoms with Crippen molar-refractivity contribution in [1.82, 2.24) is 0 Å². The molecule has 5 heteroatoms. The number of carbonyl (C=O) groups excluding carboxylic acids is 3. The van der Waals surface area contributed by atoms with Crippen molar-refractivity contribution in [2.75, 3.05) is 6.61 Å². The molecule has 4 nitrogen and oxygen atoms in total. The lowest BCUT2D eigenvalue weighted by Crippen LogP contribution is -2.14. The fourth-order valence-corrected chi connectivity index (χ4v) is 3.35. The number of rotatable bonds is 4. The molecule has 27 heavy (non-hydrogen) atoms. The van der Waals surface area contributed by atoms with Gasteiger partial charge in [0.05, 0.1) is 5.56 Å². The number of hydrogen-bond acceptors (Lipinski definition) is 4. The van der Waals surface area contributed by atoms with Crippen molar-refractivity contribution in [1.29, 1.82) is 0 Å². The lowest BCUT2D eigenvalue weighted by molar-refractivity contribution is 0.0474. The second-order valence-corrected chi connectivity index (χ2v) is 7.06. The Bertz CT molecular complexity index is 1080. The third-order valence-electron chi connectivity index (χ3n) is 4.46. The summed E-state index contributed by atoms with van der Waals surface area (Å²) < 4.78 is 6.03. The average Bonchev–Trinajstić information content (AvgIpc) is 2.98. The molecule has 0 aromatic heterocycles. The molecule has 1 aliphatic rings. The highest BCUT2D eigenvalue weighted by atomic mass is 79.9. The van der Waals surface area contributed by atoms with Crippen LogP contribution in [0.3, 0.4) is 0 Å². The van der Waals surface area contributed by atoms with Gasteiger partial charge < -0.3 is 4.74 Å². The first-order valence-electron chi connectivity index (χ1n) is 8.28. The molecule has 0 atom stereocenters. The fourth-order valence-electron chi connectivity index (χ4n) is 3.09. The van der Waals surface area contributed by atoms with E-state index in [4.69, 9.17) is 4.74 Å². The van der Waals surface area contributed by atoms with Gasteiger partial charge in [-0.1, -0.05) is 52.3 Å². The Morgan fingerprint density at radius 2 is 1.41 bits per heavy atom. The standard InChI is InChI=1S/C22H13BrO4/c23-15-8-5-13(6-9-15)20(24)12-27-22(26)14-7-10-18-19(11-14)16-3-1-2-4-17(16)21(18)25/h1-11H,12H2. The normalized spacial score (nSPS) is 11.7. The number of fused-ring (bicyclic) bond motifs is 3. The zero-order valence-electron chi connectivity index (χ0n) is 14.1. The van der Waals surface area contributed by atoms with Crippen LogP contribution in [0.2, 0.25) is 0 Å². The average molecular weight is 421 g/mol. The van der Waals surface area contributed by atoms with E-state index in [1.54, 1.807) is 48.5 Å². The van der Waals surface area contributed by atoms with Crippen LogP contribution in [0.4, 0.5) is 0 Å². The van der Waals surface area contributed by atoms with Crippen LogP contribution >= 0.6 is 15.9 Å². The second kappa shape index (κ2) is 6.93. The molecule has 0 bridgehead atoms. The number of Topliss-reactive ketones (excluding diaryl/α,β-unsaturated/α-hetero) is 1. The number of benzene rings is 3. The number of halogens is 1. The minimum absolute atomic E-state index is 0.0501. The number of hydrogen-bond donors (Lipinski definition) is 0. The smallest absolute Gasteiger partial charge is 0.338 e. The van der Waals surface area contributed by atoms with Crippen molar-refractivity contribution in [3.63, 3.8) is 0 Å². The lowest BCUT2D eigenvalue weighted by atomic mass is 10.0. The van der Waals surface area contributed by atoms with Gasteiger partial charge in [-0.2, -0.15) is 0 Å². The van der Waals surface area contributed by atoms with Crippen LogP contribution in [-0.4, -0.2) is 24.1 Å². The zero-order valence-corrected chi connectivity index (χ0v) is 15.7. The van der Waals surface area contributed by atoms with E-state index in [-0.39, 0.29) is 18.2 Å². The predicted molar refractivity (Wildman–Crippen MR) is 104 cm³/mol. The summed E-state index contributed by atoms with van der Waals surface area (Å²) in [5, 5.41) is 0. The van der Waals surface area contributed by atoms with Crippen molar-refractivity contribution in [3.8, 4) is 11.1 Å². The Balaban J connectivity index is 1.52. The van der Waals surface area contributed by atoms with Gasteiger partial charge in [0.1, 0.15) is 0 Å². The van der Waals surface area contributed by atoms with Gasteiger partial charge in [0.2, 0.25) is 0 Å². The summed E-state index contributed by atoms with van der Waals surface area (Å²) in [5.74, 6) is -0.927. The van der Waals surface area contributed by atoms with Gasteiger partial charge in [0.15, 0.2) is 18.2 Å². The molecule has 1 aliphatic carbocycles. The predicted octanol–water partition coefficient (Wildman–Crippen LogP) is 4.70. The summed E-state index contributed by atoms with van der Waals surface area (Å²) in [6, 6.07) is 18.9. The molecule has 0 aliphatic heterocycles. The quantitative estimate of drug-likeness (QED) is 0.354. The summed E-state index contributed by atoms with van der Waals surface area (Å²) >= 11 is 3.31. The minimum atomic E-state index is -0.597. The molecule has 3 aromatic carbocycles. The van der Waals surface area contributed by atoms with E-state index in [9.17, 15) is 14.4 Å². The van der Waals surface area contributed by atoms with Gasteiger partial charge >= 0.3 is 5.97 Å². The van der Waals surface area contributed by atoms with Gasteiger partial charge in [-0.05, 0) is 41.5 Å². The number of ether oxygens (including phenoxy) is 1. The molecule has 3 aromatic rings. The highest BCUT2D eigenvalue weighted by molar-refractivity contribution is 9.10. The first-order valence-corrected chi connectivity index (χ1v) is 9.08. The largest absolute Gasteiger partial charge is 0.454 e. The maximum atomic E-state index is 12.4. The topological polar surface area (TPSA) is 60.4 Å². The molecule has 0 spiro atoms. The number of esters is 1. The van der Waals surface area contributed by atoms with Crippen LogP contribution in [0.1, 0.15) is 36.6 Å². The molecule has 0 radical (unpaired) electrons. The first-order chi connectivity index (χ1) is 13.0. The zero-order chi connectivity index (χ0) is 19.0. The minimum Gasteiger partial charge on any atom is -0.454 e. The molecular weight excluding hydrogens is 408 g/mol. The summed E-state index contributed by atoms with van der Waals surface area (Å²) in [6.07, 6.45) is 0. The lowest BCUT2D eigenvalue weighted by Gasteiger charge is -2.06. The van der Waals surface area contributed by atoms with Crippen LogP contribution in [0.25, 0.3) is 11.1 Å². The van der Waals surface area contributed by atoms with Crippen molar-refractivity contribution < 1.29 is 19.1 Å². The van der Waals surface area contributed by atoms with Gasteiger partial charge in [0.25, 0.3) is 0 Å². The van der Waals surface area contributed by atoms with E-state index in [0.29, 0.717) is 27.8 Å². The molecule has 0 N–H and O–H groups in total. The molecule has 0 fully saturated rings. The maximum absolute atomic E-state index is 12.4. The Morgan fingerprint density at radius 1 is 0.778 bits per heavy atom. The van der Waals surface area contributed by atoms with Crippen molar-refractivity contribution >= 4 is 33.5 Å². The second-order valence-electron chi connectivity index (χ2n) is 6.14. The van der Waals surface area contributed by atoms with Crippen molar-refractivity contribution in [3.05, 3.63) is 93.5 Å². The van der Waals surface area contributed by atoms with Crippen LogP contribution in [0.5, 0.6) is 0 Å². The third-order valence-corrected chi connectivity index (χ3v) is 4.99. The number of carbonyl (C=O) groups is 3. The molecule has 4 rings (SSSR count). The summed E-state index contributed by atoms with van der Waals surface area (Å²) in [7, 11) is 0. The molecule has 0 unspecified atom stereocenters. The van der Waals surface area contributed by atoms with Crippen LogP contribution in [0.15, 0.2) is 71.2 Å². The van der Waals surface area contributed by atoms with E-state index in [1.807, 2.05) is 18.2 Å². The molecule has 0 saturated heterocycles. The third kappa shape index (κ3) is 3.22. The SMILES string of the molecule is O=C(COC(=O)c1ccc2c(c1)-c1ccccc1C2=O)c1ccc(Br)cc1. The van der Waals surface area contributed by atoms with Gasteiger partial charge in [-0.25, -0.2) is 4.79 Å². The Kier molecular flexibility index (Phi) is 4.46. The van der Waals surface area contributed by atoms with E-state index in [1.165, 1.54) is 0 Å². The van der Waals surface area contributed by atoms with Crippen LogP contribution in [0, 0.1) is 0 Å². The van der Waals surface area contributed by atoms with Crippen LogP contribution in [-0.2, 0) is 4.74 Å². The van der Waals surface area contributed by atoms with E-state index >= 15 is 0 Å². The van der Waals surface area contributed by atoms with E-state index in [0.717, 1.165) is 10.0 Å². The fraction of sp³-hybridized carbons (Fsp3) is 0.0455. The summed E-state index contributed by atoms with van der Waals surface area (Å²) in [6.45, 7) is -0.340. The van der Waals surface area contributed by atoms with E-state index in [2.05, 4.69) is 15.9 Å². The van der Waals surface area contributed by atoms with Gasteiger partial charge in [-0.15, -0.1) is 0 Å². The summed E-state index contributed by atoms with van der Waals surface area (Å²) in [5.41, 5.74) is 3.49. The number of ketones is 2.